The highest BCUT2D eigenvalue weighted by atomic mass is 32.1. The fourth-order valence-corrected chi connectivity index (χ4v) is 2.62. The first kappa shape index (κ1) is 15.7. The number of para-hydroxylation sites is 1. The van der Waals surface area contributed by atoms with Gasteiger partial charge >= 0.3 is 5.97 Å². The molecule has 1 aromatic rings. The molecule has 1 heterocycles. The number of carboxylic acid groups (broad SMARTS) is 1. The van der Waals surface area contributed by atoms with E-state index in [1.54, 1.807) is 19.1 Å². The van der Waals surface area contributed by atoms with Crippen LogP contribution in [0.1, 0.15) is 13.3 Å². The van der Waals surface area contributed by atoms with Gasteiger partial charge in [-0.2, -0.15) is 12.6 Å². The van der Waals surface area contributed by atoms with Crippen LogP contribution in [0.25, 0.3) is 0 Å². The summed E-state index contributed by atoms with van der Waals surface area (Å²) < 4.78 is 5.75. The predicted molar refractivity (Wildman–Crippen MR) is 81.6 cm³/mol. The third-order valence-electron chi connectivity index (χ3n) is 3.60. The number of hydrogen-bond acceptors (Lipinski definition) is 4. The number of rotatable bonds is 5. The van der Waals surface area contributed by atoms with Gasteiger partial charge in [-0.05, 0) is 12.1 Å². The van der Waals surface area contributed by atoms with E-state index in [0.29, 0.717) is 24.5 Å². The first-order valence-electron chi connectivity index (χ1n) is 6.90. The van der Waals surface area contributed by atoms with Gasteiger partial charge in [0.2, 0.25) is 5.91 Å². The monoisotopic (exact) mass is 309 g/mol. The van der Waals surface area contributed by atoms with Gasteiger partial charge in [0.25, 0.3) is 0 Å². The zero-order valence-corrected chi connectivity index (χ0v) is 12.7. The summed E-state index contributed by atoms with van der Waals surface area (Å²) in [5.74, 6) is -0.507. The molecule has 0 aliphatic carbocycles. The molecule has 21 heavy (non-hydrogen) atoms. The van der Waals surface area contributed by atoms with E-state index in [1.807, 2.05) is 18.2 Å². The number of carboxylic acids is 1. The van der Waals surface area contributed by atoms with Crippen molar-refractivity contribution in [1.82, 2.24) is 4.90 Å². The number of nitrogens with zero attached hydrogens (tertiary/aromatic N) is 1. The highest BCUT2D eigenvalue weighted by molar-refractivity contribution is 7.80. The molecule has 0 radical (unpaired) electrons. The number of carbonyl (C=O) groups excluding carboxylic acids is 1. The Balaban J connectivity index is 2.13. The van der Waals surface area contributed by atoms with Crippen LogP contribution in [0.3, 0.4) is 0 Å². The molecule has 1 aliphatic rings. The number of benzene rings is 1. The molecule has 1 aromatic carbocycles. The normalized spacial score (nSPS) is 22.9. The Morgan fingerprint density at radius 1 is 1.43 bits per heavy atom. The lowest BCUT2D eigenvalue weighted by Crippen LogP contribution is -2.48. The molecule has 0 aromatic heterocycles. The maximum absolute atomic E-state index is 12.2. The van der Waals surface area contributed by atoms with E-state index in [4.69, 9.17) is 4.74 Å². The highest BCUT2D eigenvalue weighted by Crippen LogP contribution is 2.25. The third-order valence-corrected chi connectivity index (χ3v) is 4.15. The van der Waals surface area contributed by atoms with Gasteiger partial charge < -0.3 is 14.7 Å². The van der Waals surface area contributed by atoms with Gasteiger partial charge in [0.1, 0.15) is 11.9 Å². The Hall–Kier alpha value is -1.69. The Morgan fingerprint density at radius 2 is 2.10 bits per heavy atom. The van der Waals surface area contributed by atoms with Crippen LogP contribution in [0, 0.1) is 5.92 Å². The Kier molecular flexibility index (Phi) is 5.12. The smallest absolute Gasteiger partial charge is 0.330 e. The quantitative estimate of drug-likeness (QED) is 0.812. The minimum atomic E-state index is -1.03. The van der Waals surface area contributed by atoms with E-state index in [9.17, 15) is 14.7 Å². The number of ether oxygens (including phenoxy) is 1. The van der Waals surface area contributed by atoms with E-state index < -0.39 is 18.1 Å². The third kappa shape index (κ3) is 3.50. The average Bonchev–Trinajstić information content (AvgIpc) is 2.90. The molecular weight excluding hydrogens is 290 g/mol. The molecule has 6 heteroatoms. The van der Waals surface area contributed by atoms with Gasteiger partial charge in [0.15, 0.2) is 6.04 Å². The minimum absolute atomic E-state index is 0.184. The molecule has 1 saturated heterocycles. The zero-order valence-electron chi connectivity index (χ0n) is 11.8. The number of carbonyl (C=O) groups is 2. The molecule has 0 spiro atoms. The van der Waals surface area contributed by atoms with Crippen LogP contribution in [0.4, 0.5) is 0 Å². The molecule has 1 unspecified atom stereocenters. The molecule has 3 atom stereocenters. The first-order chi connectivity index (χ1) is 10.0. The number of likely N-dealkylation sites (tertiary alicyclic amines) is 1. The van der Waals surface area contributed by atoms with Crippen molar-refractivity contribution in [1.29, 1.82) is 0 Å². The van der Waals surface area contributed by atoms with Crippen LogP contribution < -0.4 is 4.74 Å². The second-order valence-electron chi connectivity index (χ2n) is 5.16. The van der Waals surface area contributed by atoms with E-state index in [2.05, 4.69) is 12.6 Å². The van der Waals surface area contributed by atoms with E-state index >= 15 is 0 Å². The highest BCUT2D eigenvalue weighted by Gasteiger charge is 2.44. The molecule has 5 nitrogen and oxygen atoms in total. The lowest BCUT2D eigenvalue weighted by atomic mass is 10.1. The van der Waals surface area contributed by atoms with E-state index in [-0.39, 0.29) is 11.8 Å². The van der Waals surface area contributed by atoms with Crippen LogP contribution in [-0.4, -0.2) is 46.3 Å². The summed E-state index contributed by atoms with van der Waals surface area (Å²) in [6.45, 7) is 2.14. The molecular formula is C15H19NO4S. The summed E-state index contributed by atoms with van der Waals surface area (Å²) >= 11 is 4.11. The van der Waals surface area contributed by atoms with E-state index in [0.717, 1.165) is 0 Å². The molecule has 0 bridgehead atoms. The summed E-state index contributed by atoms with van der Waals surface area (Å²) in [5.41, 5.74) is 0. The van der Waals surface area contributed by atoms with Crippen LogP contribution in [0.2, 0.25) is 0 Å². The standard InChI is InChI=1S/C15H19NO4S/c1-10(9-21)14(17)16-8-7-12(13(16)15(18)19)20-11-5-3-2-4-6-11/h2-6,10,12-13,21H,7-9H2,1H3,(H,18,19)/t10?,12-,13+/m0/s1. The SMILES string of the molecule is CC(CS)C(=O)N1CC[C@H](Oc2ccccc2)[C@@H]1C(=O)O. The van der Waals surface area contributed by atoms with Crippen molar-refractivity contribution < 1.29 is 19.4 Å². The van der Waals surface area contributed by atoms with Gasteiger partial charge in [-0.3, -0.25) is 4.79 Å². The number of hydrogen-bond donors (Lipinski definition) is 2. The molecule has 0 saturated carbocycles. The number of thiol groups is 1. The maximum Gasteiger partial charge on any atom is 0.330 e. The lowest BCUT2D eigenvalue weighted by Gasteiger charge is -2.26. The Bertz CT molecular complexity index is 508. The van der Waals surface area contributed by atoms with Crippen molar-refractivity contribution in [2.75, 3.05) is 12.3 Å². The molecule has 114 valence electrons. The van der Waals surface area contributed by atoms with E-state index in [1.165, 1.54) is 4.90 Å². The first-order valence-corrected chi connectivity index (χ1v) is 7.53. The van der Waals surface area contributed by atoms with Crippen LogP contribution >= 0.6 is 12.6 Å². The zero-order chi connectivity index (χ0) is 15.4. The molecule has 1 aliphatic heterocycles. The Morgan fingerprint density at radius 3 is 2.67 bits per heavy atom. The fraction of sp³-hybridized carbons (Fsp3) is 0.467. The second-order valence-corrected chi connectivity index (χ2v) is 5.52. The van der Waals surface area contributed by atoms with Gasteiger partial charge in [0.05, 0.1) is 0 Å². The van der Waals surface area contributed by atoms with Crippen LogP contribution in [0.5, 0.6) is 5.75 Å². The Labute approximate surface area is 129 Å². The van der Waals surface area contributed by atoms with Gasteiger partial charge in [-0.25, -0.2) is 4.79 Å². The van der Waals surface area contributed by atoms with Gasteiger partial charge in [-0.1, -0.05) is 25.1 Å². The lowest BCUT2D eigenvalue weighted by molar-refractivity contribution is -0.151. The predicted octanol–water partition coefficient (Wildman–Crippen LogP) is 1.69. The summed E-state index contributed by atoms with van der Waals surface area (Å²) in [6, 6.07) is 8.12. The largest absolute Gasteiger partial charge is 0.488 e. The van der Waals surface area contributed by atoms with Crippen LogP contribution in [-0.2, 0) is 9.59 Å². The number of amides is 1. The minimum Gasteiger partial charge on any atom is -0.488 e. The van der Waals surface area contributed by atoms with Crippen molar-refractivity contribution >= 4 is 24.5 Å². The summed E-state index contributed by atoms with van der Waals surface area (Å²) in [7, 11) is 0. The van der Waals surface area contributed by atoms with Crippen LogP contribution in [0.15, 0.2) is 30.3 Å². The summed E-state index contributed by atoms with van der Waals surface area (Å²) in [4.78, 5) is 25.2. The van der Waals surface area contributed by atoms with Crippen molar-refractivity contribution in [2.45, 2.75) is 25.5 Å². The van der Waals surface area contributed by atoms with Crippen molar-refractivity contribution in [3.63, 3.8) is 0 Å². The van der Waals surface area contributed by atoms with Gasteiger partial charge in [0, 0.05) is 24.6 Å². The van der Waals surface area contributed by atoms with Crippen molar-refractivity contribution in [3.05, 3.63) is 30.3 Å². The van der Waals surface area contributed by atoms with Gasteiger partial charge in [-0.15, -0.1) is 0 Å². The van der Waals surface area contributed by atoms with Crippen molar-refractivity contribution in [3.8, 4) is 5.75 Å². The van der Waals surface area contributed by atoms with Crippen molar-refractivity contribution in [2.24, 2.45) is 5.92 Å². The number of aliphatic carboxylic acids is 1. The summed E-state index contributed by atoms with van der Waals surface area (Å²) in [6.07, 6.45) is -0.0161. The second kappa shape index (κ2) is 6.85. The summed E-state index contributed by atoms with van der Waals surface area (Å²) in [5, 5.41) is 9.44. The maximum atomic E-state index is 12.2. The average molecular weight is 309 g/mol. The molecule has 1 fully saturated rings. The topological polar surface area (TPSA) is 66.8 Å². The molecule has 1 N–H and O–H groups in total. The molecule has 2 rings (SSSR count). The fourth-order valence-electron chi connectivity index (χ4n) is 2.46. The molecule has 1 amide bonds.